The van der Waals surface area contributed by atoms with Crippen molar-refractivity contribution >= 4 is 67.4 Å². The van der Waals surface area contributed by atoms with Gasteiger partial charge in [0.05, 0.1) is 19.1 Å². The minimum atomic E-state index is -3.56. The maximum atomic E-state index is 13.1. The van der Waals surface area contributed by atoms with Crippen LogP contribution in [0.5, 0.6) is 5.75 Å². The molecule has 0 unspecified atom stereocenters. The first-order chi connectivity index (χ1) is 18.4. The number of β-lactam (4-membered cyclic amide) rings is 1. The number of thiazole rings is 1. The van der Waals surface area contributed by atoms with Crippen molar-refractivity contribution < 1.29 is 37.5 Å². The Kier molecular flexibility index (Phi) is 8.03. The number of nitrogens with zero attached hydrogens (tertiary/aromatic N) is 3. The molecule has 1 fully saturated rings. The second kappa shape index (κ2) is 11.1. The van der Waals surface area contributed by atoms with Crippen molar-refractivity contribution in [3.63, 3.8) is 0 Å². The number of ether oxygens (including phenoxy) is 1. The molecule has 1 aromatic carbocycles. The van der Waals surface area contributed by atoms with Crippen LogP contribution in [-0.2, 0) is 35.7 Å². The number of hydrogen-bond donors (Lipinski definition) is 4. The van der Waals surface area contributed by atoms with Gasteiger partial charge in [0.1, 0.15) is 35.7 Å². The van der Waals surface area contributed by atoms with Gasteiger partial charge >= 0.3 is 5.97 Å². The summed E-state index contributed by atoms with van der Waals surface area (Å²) in [5.74, 6) is -2.01. The number of aromatic nitrogens is 1. The smallest absolute Gasteiger partial charge is 0.352 e. The molecule has 5 N–H and O–H groups in total. The van der Waals surface area contributed by atoms with Crippen LogP contribution in [0.3, 0.4) is 0 Å². The van der Waals surface area contributed by atoms with E-state index in [0.29, 0.717) is 16.9 Å². The highest BCUT2D eigenvalue weighted by atomic mass is 32.2. The van der Waals surface area contributed by atoms with Gasteiger partial charge < -0.3 is 25.7 Å². The van der Waals surface area contributed by atoms with Gasteiger partial charge in [0.2, 0.25) is 10.0 Å². The van der Waals surface area contributed by atoms with Gasteiger partial charge in [-0.25, -0.2) is 18.2 Å². The van der Waals surface area contributed by atoms with E-state index in [1.54, 1.807) is 12.1 Å². The van der Waals surface area contributed by atoms with Crippen LogP contribution in [0.2, 0.25) is 0 Å². The maximum absolute atomic E-state index is 13.1. The number of carboxylic acid groups (broad SMARTS) is 1. The highest BCUT2D eigenvalue weighted by molar-refractivity contribution is 8.00. The number of benzene rings is 1. The third-order valence-electron chi connectivity index (χ3n) is 5.62. The van der Waals surface area contributed by atoms with Crippen LogP contribution in [0.1, 0.15) is 11.3 Å². The van der Waals surface area contributed by atoms with Gasteiger partial charge in [-0.1, -0.05) is 5.16 Å². The summed E-state index contributed by atoms with van der Waals surface area (Å²) in [6, 6.07) is 3.71. The summed E-state index contributed by atoms with van der Waals surface area (Å²) in [6.45, 7) is 0. The van der Waals surface area contributed by atoms with Gasteiger partial charge in [-0.3, -0.25) is 19.2 Å². The molecule has 2 aliphatic heterocycles. The van der Waals surface area contributed by atoms with Gasteiger partial charge in [0.25, 0.3) is 11.8 Å². The standard InChI is InChI=1S/C22H24N6O8S3/c1-35-13-6-10(5-12(7-13)27-39(3,33)34)4-11-8-37-20-16(19(30)28(20)17(11)21(31)32)25-18(29)15(26-36-2)14-9-38-22(23)24-14/h5-7,9,16,20,27H,4,8H2,1-3H3,(H2,23,24)(H,25,29)(H,31,32)/b26-15-/t16-,20-/m1/s1. The molecule has 3 heterocycles. The molecule has 4 rings (SSSR count). The summed E-state index contributed by atoms with van der Waals surface area (Å²) >= 11 is 2.39. The van der Waals surface area contributed by atoms with E-state index in [1.807, 2.05) is 0 Å². The fourth-order valence-electron chi connectivity index (χ4n) is 4.12. The largest absolute Gasteiger partial charge is 0.497 e. The van der Waals surface area contributed by atoms with Crippen molar-refractivity contribution in [3.8, 4) is 5.75 Å². The minimum absolute atomic E-state index is 0.119. The Labute approximate surface area is 231 Å². The van der Waals surface area contributed by atoms with Crippen molar-refractivity contribution in [1.29, 1.82) is 0 Å². The van der Waals surface area contributed by atoms with E-state index in [1.165, 1.54) is 37.4 Å². The predicted octanol–water partition coefficient (Wildman–Crippen LogP) is 0.437. The van der Waals surface area contributed by atoms with E-state index in [0.717, 1.165) is 22.5 Å². The number of fused-ring (bicyclic) bond motifs is 1. The van der Waals surface area contributed by atoms with Crippen molar-refractivity contribution in [2.24, 2.45) is 5.16 Å². The number of rotatable bonds is 10. The fourth-order valence-corrected chi connectivity index (χ4v) is 6.56. The molecular weight excluding hydrogens is 572 g/mol. The van der Waals surface area contributed by atoms with E-state index < -0.39 is 39.2 Å². The molecule has 0 bridgehead atoms. The lowest BCUT2D eigenvalue weighted by atomic mass is 9.98. The molecule has 14 nitrogen and oxygen atoms in total. The molecule has 0 aliphatic carbocycles. The van der Waals surface area contributed by atoms with Crippen molar-refractivity contribution in [1.82, 2.24) is 15.2 Å². The van der Waals surface area contributed by atoms with Gasteiger partial charge in [0, 0.05) is 17.2 Å². The number of sulfonamides is 1. The topological polar surface area (TPSA) is 203 Å². The Morgan fingerprint density at radius 2 is 2.05 bits per heavy atom. The number of carbonyl (C=O) groups excluding carboxylic acids is 2. The van der Waals surface area contributed by atoms with E-state index in [4.69, 9.17) is 15.3 Å². The Morgan fingerprint density at radius 1 is 1.31 bits per heavy atom. The number of oxime groups is 1. The van der Waals surface area contributed by atoms with Gasteiger partial charge in [-0.2, -0.15) is 0 Å². The highest BCUT2D eigenvalue weighted by Gasteiger charge is 2.54. The SMILES string of the molecule is CO/N=C(\C(=O)N[C@@H]1C(=O)N2C(C(=O)O)=C(Cc3cc(NS(C)(=O)=O)cc(OC)c3)CS[C@H]12)c1csc(N)n1. The van der Waals surface area contributed by atoms with Crippen molar-refractivity contribution in [2.45, 2.75) is 17.8 Å². The average Bonchev–Trinajstić information content (AvgIpc) is 3.29. The number of thioether (sulfide) groups is 1. The van der Waals surface area contributed by atoms with Gasteiger partial charge in [-0.05, 0) is 29.7 Å². The van der Waals surface area contributed by atoms with Crippen LogP contribution in [0, 0.1) is 0 Å². The van der Waals surface area contributed by atoms with Crippen LogP contribution in [-0.4, -0.2) is 84.5 Å². The molecule has 1 aromatic heterocycles. The summed E-state index contributed by atoms with van der Waals surface area (Å²) in [6.07, 6.45) is 1.13. The van der Waals surface area contributed by atoms with Crippen LogP contribution in [0.25, 0.3) is 0 Å². The van der Waals surface area contributed by atoms with Crippen molar-refractivity contribution in [2.75, 3.05) is 36.7 Å². The number of aliphatic carboxylic acids is 1. The molecule has 2 atom stereocenters. The second-order valence-electron chi connectivity index (χ2n) is 8.43. The number of hydrogen-bond acceptors (Lipinski definition) is 12. The molecule has 208 valence electrons. The lowest BCUT2D eigenvalue weighted by Crippen LogP contribution is -2.71. The Morgan fingerprint density at radius 3 is 2.64 bits per heavy atom. The molecule has 0 saturated carbocycles. The Balaban J connectivity index is 1.56. The number of carbonyl (C=O) groups is 3. The summed E-state index contributed by atoms with van der Waals surface area (Å²) in [7, 11) is -0.886. The maximum Gasteiger partial charge on any atom is 0.352 e. The average molecular weight is 597 g/mol. The molecule has 2 aliphatic rings. The number of anilines is 2. The summed E-state index contributed by atoms with van der Waals surface area (Å²) < 4.78 is 31.0. The molecule has 2 aromatic rings. The number of amides is 2. The first kappa shape index (κ1) is 28.2. The predicted molar refractivity (Wildman–Crippen MR) is 145 cm³/mol. The van der Waals surface area contributed by atoms with E-state index in [9.17, 15) is 27.9 Å². The number of nitrogen functional groups attached to an aromatic ring is 1. The summed E-state index contributed by atoms with van der Waals surface area (Å²) in [5, 5.41) is 17.4. The number of nitrogens with two attached hydrogens (primary N) is 1. The minimum Gasteiger partial charge on any atom is -0.497 e. The molecule has 0 radical (unpaired) electrons. The van der Waals surface area contributed by atoms with E-state index in [2.05, 4.69) is 20.2 Å². The Hall–Kier alpha value is -3.83. The number of nitrogens with one attached hydrogen (secondary N) is 2. The zero-order valence-corrected chi connectivity index (χ0v) is 23.3. The van der Waals surface area contributed by atoms with E-state index in [-0.39, 0.29) is 40.1 Å². The molecule has 2 amide bonds. The van der Waals surface area contributed by atoms with Gasteiger partial charge in [0.15, 0.2) is 10.8 Å². The van der Waals surface area contributed by atoms with Crippen LogP contribution in [0.15, 0.2) is 40.0 Å². The highest BCUT2D eigenvalue weighted by Crippen LogP contribution is 2.41. The number of carboxylic acids is 1. The molecule has 39 heavy (non-hydrogen) atoms. The lowest BCUT2D eigenvalue weighted by Gasteiger charge is -2.49. The molecule has 1 saturated heterocycles. The van der Waals surface area contributed by atoms with Gasteiger partial charge in [-0.15, -0.1) is 23.1 Å². The molecule has 0 spiro atoms. The monoisotopic (exact) mass is 596 g/mol. The normalized spacial score (nSPS) is 19.2. The quantitative estimate of drug-likeness (QED) is 0.168. The first-order valence-corrected chi connectivity index (χ1v) is 14.9. The number of methoxy groups -OCH3 is 1. The lowest BCUT2D eigenvalue weighted by molar-refractivity contribution is -0.150. The van der Waals surface area contributed by atoms with Crippen molar-refractivity contribution in [3.05, 3.63) is 46.1 Å². The third kappa shape index (κ3) is 6.10. The summed E-state index contributed by atoms with van der Waals surface area (Å²) in [5.41, 5.74) is 6.73. The van der Waals surface area contributed by atoms with Crippen LogP contribution < -0.4 is 20.5 Å². The van der Waals surface area contributed by atoms with Crippen LogP contribution >= 0.6 is 23.1 Å². The summed E-state index contributed by atoms with van der Waals surface area (Å²) in [4.78, 5) is 48.1. The third-order valence-corrected chi connectivity index (χ3v) is 8.24. The zero-order chi connectivity index (χ0) is 28.5. The zero-order valence-electron chi connectivity index (χ0n) is 20.8. The fraction of sp³-hybridized carbons (Fsp3) is 0.318. The Bertz CT molecular complexity index is 1500. The second-order valence-corrected chi connectivity index (χ2v) is 12.2. The molecule has 17 heteroatoms. The first-order valence-electron chi connectivity index (χ1n) is 11.1. The van der Waals surface area contributed by atoms with E-state index >= 15 is 0 Å². The van der Waals surface area contributed by atoms with Crippen LogP contribution in [0.4, 0.5) is 10.8 Å². The molecular formula is C22H24N6O8S3.